The Labute approximate surface area is 353 Å². The quantitative estimate of drug-likeness (QED) is 0.112. The molecule has 2 bridgehead atoms. The number of esters is 3. The highest BCUT2D eigenvalue weighted by Crippen LogP contribution is 2.68. The van der Waals surface area contributed by atoms with Crippen molar-refractivity contribution in [3.05, 3.63) is 70.9 Å². The Kier molecular flexibility index (Phi) is 8.74. The van der Waals surface area contributed by atoms with Gasteiger partial charge in [0.15, 0.2) is 6.10 Å². The summed E-state index contributed by atoms with van der Waals surface area (Å²) in [6, 6.07) is 9.61. The average molecular weight is 837 g/mol. The number of hydrogen-bond donors (Lipinski definition) is 2. The molecule has 3 saturated heterocycles. The van der Waals surface area contributed by atoms with Gasteiger partial charge in [0.1, 0.15) is 22.9 Å². The number of ether oxygens (including phenoxy) is 5. The summed E-state index contributed by atoms with van der Waals surface area (Å²) in [4.78, 5) is 80.4. The minimum atomic E-state index is -2.56. The van der Waals surface area contributed by atoms with Crippen LogP contribution in [0, 0.1) is 11.3 Å². The Morgan fingerprint density at radius 2 is 1.79 bits per heavy atom. The fourth-order valence-corrected chi connectivity index (χ4v) is 13.5. The number of nitrogens with one attached hydrogen (secondary N) is 1. The third-order valence-electron chi connectivity index (χ3n) is 15.9. The summed E-state index contributed by atoms with van der Waals surface area (Å²) in [6.07, 6.45) is 4.47. The van der Waals surface area contributed by atoms with Crippen molar-refractivity contribution in [2.45, 2.75) is 99.2 Å². The Balaban J connectivity index is 1.30. The SMILES string of the molecule is CC[C@@]12CN3CCc4c([nH]c5ccccc45)[C@@](C(=O)OC)(c4cc5c(cc4OC)N(C=O)[C@H]4[C@@](O)(C(=O)OC)[C@H](OC(C)=O)[C@]6(CC)C=CCN7CC[C@]54[C@@H]76)C[C@H](C3=O)[C@@H]1O2. The van der Waals surface area contributed by atoms with Crippen LogP contribution in [0.15, 0.2) is 48.6 Å². The van der Waals surface area contributed by atoms with E-state index in [9.17, 15) is 24.3 Å². The van der Waals surface area contributed by atoms with Crippen molar-refractivity contribution in [3.63, 3.8) is 0 Å². The fourth-order valence-electron chi connectivity index (χ4n) is 13.5. The molecule has 7 heterocycles. The van der Waals surface area contributed by atoms with Crippen LogP contribution >= 0.6 is 0 Å². The van der Waals surface area contributed by atoms with Crippen LogP contribution in [0.4, 0.5) is 5.69 Å². The molecule has 10 atom stereocenters. The molecule has 7 aliphatic rings. The number of piperidine rings is 1. The number of hydrogen-bond acceptors (Lipinski definition) is 12. The minimum absolute atomic E-state index is 0.0258. The van der Waals surface area contributed by atoms with Gasteiger partial charge in [0.2, 0.25) is 17.9 Å². The first kappa shape index (κ1) is 39.9. The van der Waals surface area contributed by atoms with Crippen LogP contribution in [-0.2, 0) is 60.2 Å². The molecule has 1 spiro atoms. The second-order valence-electron chi connectivity index (χ2n) is 18.0. The second kappa shape index (κ2) is 13.4. The monoisotopic (exact) mass is 836 g/mol. The van der Waals surface area contributed by atoms with Gasteiger partial charge in [0.25, 0.3) is 0 Å². The van der Waals surface area contributed by atoms with Crippen molar-refractivity contribution in [1.29, 1.82) is 0 Å². The van der Waals surface area contributed by atoms with E-state index >= 15 is 4.79 Å². The van der Waals surface area contributed by atoms with Crippen LogP contribution in [0.2, 0.25) is 0 Å². The van der Waals surface area contributed by atoms with E-state index in [1.165, 1.54) is 26.0 Å². The Morgan fingerprint density at radius 3 is 2.48 bits per heavy atom. The number of nitrogens with zero attached hydrogens (tertiary/aromatic N) is 3. The zero-order valence-electron chi connectivity index (χ0n) is 35.3. The third kappa shape index (κ3) is 4.77. The zero-order chi connectivity index (χ0) is 43.0. The number of epoxide rings is 1. The van der Waals surface area contributed by atoms with Gasteiger partial charge in [-0.3, -0.25) is 24.1 Å². The van der Waals surface area contributed by atoms with Crippen molar-refractivity contribution >= 4 is 46.8 Å². The first-order chi connectivity index (χ1) is 29.3. The lowest BCUT2D eigenvalue weighted by atomic mass is 9.47. The summed E-state index contributed by atoms with van der Waals surface area (Å²) in [5, 5.41) is 14.2. The smallest absolute Gasteiger partial charge is 0.344 e. The summed E-state index contributed by atoms with van der Waals surface area (Å²) >= 11 is 0. The van der Waals surface area contributed by atoms with Gasteiger partial charge in [-0.1, -0.05) is 44.2 Å². The van der Waals surface area contributed by atoms with E-state index in [-0.39, 0.29) is 18.1 Å². The molecule has 15 nitrogen and oxygen atoms in total. The standard InChI is InChI=1S/C46H52N4O11/c1-7-42-15-11-17-48-19-16-44(37(42)48)29-20-30(33(57-4)21-32(29)50(24-51)38(44)46(56,41(55)59-6)39(42)60-25(3)52)45(40(54)58-5)22-28-35-43(8-2,61-35)23-49(36(28)53)18-14-27-26-12-9-10-13-31(26)47-34(27)45/h9-13,15,20-21,24,28,35,37-39,47,56H,7-8,14,16-19,22-23H2,1-6H3/t28-,35-,37-,38+,39+,42+,43+,44+,45-,46-/m0/s1. The summed E-state index contributed by atoms with van der Waals surface area (Å²) in [5.41, 5.74) is -3.51. The molecule has 3 aromatic rings. The number of amides is 2. The van der Waals surface area contributed by atoms with E-state index in [1.54, 1.807) is 6.07 Å². The molecule has 61 heavy (non-hydrogen) atoms. The maximum absolute atomic E-state index is 15.4. The highest BCUT2D eigenvalue weighted by molar-refractivity contribution is 5.97. The van der Waals surface area contributed by atoms with Gasteiger partial charge in [0, 0.05) is 65.1 Å². The number of aliphatic hydroxyl groups is 1. The van der Waals surface area contributed by atoms with E-state index < -0.39 is 75.6 Å². The number of carbonyl (C=O) groups excluding carboxylic acids is 5. The van der Waals surface area contributed by atoms with E-state index in [2.05, 4.69) is 16.8 Å². The second-order valence-corrected chi connectivity index (χ2v) is 18.0. The van der Waals surface area contributed by atoms with Crippen molar-refractivity contribution < 1.29 is 52.8 Å². The van der Waals surface area contributed by atoms with Gasteiger partial charge in [0.05, 0.1) is 45.5 Å². The Morgan fingerprint density at radius 1 is 1.02 bits per heavy atom. The maximum atomic E-state index is 15.4. The van der Waals surface area contributed by atoms with Crippen molar-refractivity contribution in [1.82, 2.24) is 14.8 Å². The lowest BCUT2D eigenvalue weighted by molar-refractivity contribution is -0.228. The lowest BCUT2D eigenvalue weighted by Gasteiger charge is -2.63. The van der Waals surface area contributed by atoms with Gasteiger partial charge in [-0.2, -0.15) is 0 Å². The van der Waals surface area contributed by atoms with Crippen molar-refractivity contribution in [2.75, 3.05) is 52.4 Å². The molecule has 1 aromatic heterocycles. The maximum Gasteiger partial charge on any atom is 0.344 e. The molecule has 1 aliphatic carbocycles. The molecule has 15 heteroatoms. The highest BCUT2D eigenvalue weighted by Gasteiger charge is 2.81. The molecule has 1 saturated carbocycles. The normalized spacial score (nSPS) is 36.6. The van der Waals surface area contributed by atoms with Gasteiger partial charge >= 0.3 is 17.9 Å². The van der Waals surface area contributed by atoms with Crippen LogP contribution in [0.3, 0.4) is 0 Å². The molecule has 2 aromatic carbocycles. The number of anilines is 1. The molecular weight excluding hydrogens is 785 g/mol. The van der Waals surface area contributed by atoms with E-state index in [4.69, 9.17) is 23.7 Å². The van der Waals surface area contributed by atoms with Crippen LogP contribution in [0.25, 0.3) is 10.9 Å². The molecule has 4 fully saturated rings. The van der Waals surface area contributed by atoms with Gasteiger partial charge in [-0.05, 0) is 61.9 Å². The number of H-pyrrole nitrogens is 1. The van der Waals surface area contributed by atoms with Gasteiger partial charge in [-0.15, -0.1) is 0 Å². The molecular formula is C46H52N4O11. The number of fused-ring (bicyclic) bond motifs is 8. The minimum Gasteiger partial charge on any atom is -0.496 e. The number of aromatic nitrogens is 1. The third-order valence-corrected chi connectivity index (χ3v) is 15.9. The first-order valence-electron chi connectivity index (χ1n) is 21.3. The number of para-hydroxylation sites is 1. The van der Waals surface area contributed by atoms with Gasteiger partial charge in [-0.25, -0.2) is 4.79 Å². The predicted octanol–water partition coefficient (Wildman–Crippen LogP) is 3.06. The summed E-state index contributed by atoms with van der Waals surface area (Å²) < 4.78 is 30.1. The van der Waals surface area contributed by atoms with Crippen LogP contribution < -0.4 is 9.64 Å². The van der Waals surface area contributed by atoms with Crippen molar-refractivity contribution in [3.8, 4) is 5.75 Å². The van der Waals surface area contributed by atoms with Crippen LogP contribution in [0.5, 0.6) is 5.75 Å². The van der Waals surface area contributed by atoms with E-state index in [0.717, 1.165) is 23.6 Å². The van der Waals surface area contributed by atoms with Crippen molar-refractivity contribution in [2.24, 2.45) is 11.3 Å². The highest BCUT2D eigenvalue weighted by atomic mass is 16.6. The zero-order valence-corrected chi connectivity index (χ0v) is 35.3. The van der Waals surface area contributed by atoms with Crippen LogP contribution in [0.1, 0.15) is 68.8 Å². The summed E-state index contributed by atoms with van der Waals surface area (Å²) in [6.45, 7) is 7.15. The largest absolute Gasteiger partial charge is 0.496 e. The molecule has 322 valence electrons. The lowest BCUT2D eigenvalue weighted by Crippen LogP contribution is -2.81. The number of methoxy groups -OCH3 is 3. The number of rotatable bonds is 8. The Hall–Kier alpha value is -5.25. The molecule has 0 unspecified atom stereocenters. The van der Waals surface area contributed by atoms with E-state index in [1.807, 2.05) is 54.3 Å². The topological polar surface area (TPSA) is 181 Å². The summed E-state index contributed by atoms with van der Waals surface area (Å²) in [7, 11) is 3.98. The number of carbonyl (C=O) groups is 5. The van der Waals surface area contributed by atoms with Crippen LogP contribution in [-0.4, -0.2) is 133 Å². The Bertz CT molecular complexity index is 2450. The average Bonchev–Trinajstić information content (AvgIpc) is 3.52. The molecule has 2 N–H and O–H groups in total. The molecule has 0 radical (unpaired) electrons. The predicted molar refractivity (Wildman–Crippen MR) is 219 cm³/mol. The molecule has 10 rings (SSSR count). The first-order valence-corrected chi connectivity index (χ1v) is 21.3. The fraction of sp³-hybridized carbons (Fsp3) is 0.543. The number of aromatic amines is 1. The number of benzene rings is 2. The summed E-state index contributed by atoms with van der Waals surface area (Å²) in [5.74, 6) is -2.97. The van der Waals surface area contributed by atoms with E-state index in [0.29, 0.717) is 80.8 Å². The van der Waals surface area contributed by atoms with Gasteiger partial charge < -0.3 is 43.6 Å². The molecule has 2 amide bonds. The molecule has 6 aliphatic heterocycles.